The summed E-state index contributed by atoms with van der Waals surface area (Å²) in [6, 6.07) is 14.1. The molecule has 16 heavy (non-hydrogen) atoms. The highest BCUT2D eigenvalue weighted by molar-refractivity contribution is 7.80. The molecule has 2 aromatic rings. The molecule has 0 saturated carbocycles. The van der Waals surface area contributed by atoms with Crippen LogP contribution in [0.5, 0.6) is 0 Å². The van der Waals surface area contributed by atoms with Gasteiger partial charge in [-0.3, -0.25) is 11.3 Å². The molecule has 0 aliphatic rings. The molecule has 82 valence electrons. The van der Waals surface area contributed by atoms with E-state index in [1.165, 1.54) is 0 Å². The summed E-state index contributed by atoms with van der Waals surface area (Å²) >= 11 is 5.03. The number of hydrazine groups is 2. The smallest absolute Gasteiger partial charge is 0.186 e. The lowest BCUT2D eigenvalue weighted by Gasteiger charge is -2.11. The largest absolute Gasteiger partial charge is 0.331 e. The summed E-state index contributed by atoms with van der Waals surface area (Å²) in [4.78, 5) is 0. The average molecular weight is 232 g/mol. The van der Waals surface area contributed by atoms with Gasteiger partial charge in [-0.05, 0) is 23.7 Å². The number of fused-ring (bicyclic) bond motifs is 1. The Balaban J connectivity index is 2.33. The van der Waals surface area contributed by atoms with E-state index in [2.05, 4.69) is 28.4 Å². The summed E-state index contributed by atoms with van der Waals surface area (Å²) in [6.07, 6.45) is 0. The van der Waals surface area contributed by atoms with Gasteiger partial charge < -0.3 is 5.32 Å². The first-order valence-electron chi connectivity index (χ1n) is 4.81. The number of anilines is 1. The number of thiocarbonyl (C=S) groups is 1. The summed E-state index contributed by atoms with van der Waals surface area (Å²) in [6.45, 7) is 0. The first-order valence-corrected chi connectivity index (χ1v) is 5.22. The van der Waals surface area contributed by atoms with Gasteiger partial charge in [0.15, 0.2) is 5.11 Å². The highest BCUT2D eigenvalue weighted by Crippen LogP contribution is 2.22. The van der Waals surface area contributed by atoms with E-state index < -0.39 is 0 Å². The molecule has 0 aromatic heterocycles. The van der Waals surface area contributed by atoms with Crippen LogP contribution in [-0.4, -0.2) is 5.11 Å². The van der Waals surface area contributed by atoms with Gasteiger partial charge in [0.1, 0.15) is 0 Å². The molecule has 5 heteroatoms. The lowest BCUT2D eigenvalue weighted by Crippen LogP contribution is -2.44. The van der Waals surface area contributed by atoms with E-state index in [9.17, 15) is 0 Å². The number of hydrogen-bond donors (Lipinski definition) is 4. The standard InChI is InChI=1S/C11H12N4S/c12-15-14-11(16)13-10-7-3-5-8-4-1-2-6-9(8)10/h1-7,15H,12H2,(H2,13,14,16). The van der Waals surface area contributed by atoms with Gasteiger partial charge in [-0.15, -0.1) is 0 Å². The zero-order valence-corrected chi connectivity index (χ0v) is 9.34. The van der Waals surface area contributed by atoms with Crippen molar-refractivity contribution in [2.24, 2.45) is 5.84 Å². The summed E-state index contributed by atoms with van der Waals surface area (Å²) in [7, 11) is 0. The fourth-order valence-electron chi connectivity index (χ4n) is 1.55. The second kappa shape index (κ2) is 4.89. The van der Waals surface area contributed by atoms with Crippen LogP contribution in [0.25, 0.3) is 10.8 Å². The molecule has 0 unspecified atom stereocenters. The van der Waals surface area contributed by atoms with Gasteiger partial charge in [0.2, 0.25) is 0 Å². The molecule has 0 amide bonds. The second-order valence-electron chi connectivity index (χ2n) is 3.25. The van der Waals surface area contributed by atoms with Crippen molar-refractivity contribution in [1.29, 1.82) is 0 Å². The van der Waals surface area contributed by atoms with Crippen molar-refractivity contribution in [3.63, 3.8) is 0 Å². The highest BCUT2D eigenvalue weighted by Gasteiger charge is 2.01. The maximum Gasteiger partial charge on any atom is 0.186 e. The molecule has 0 bridgehead atoms. The zero-order chi connectivity index (χ0) is 11.4. The molecule has 4 nitrogen and oxygen atoms in total. The molecule has 0 atom stereocenters. The van der Waals surface area contributed by atoms with E-state index in [1.54, 1.807) is 0 Å². The van der Waals surface area contributed by atoms with Crippen LogP contribution in [0.1, 0.15) is 0 Å². The van der Waals surface area contributed by atoms with E-state index >= 15 is 0 Å². The van der Waals surface area contributed by atoms with Crippen LogP contribution in [-0.2, 0) is 0 Å². The Morgan fingerprint density at radius 1 is 1.06 bits per heavy atom. The first kappa shape index (κ1) is 10.8. The Hall–Kier alpha value is -1.69. The van der Waals surface area contributed by atoms with E-state index in [0.29, 0.717) is 5.11 Å². The fraction of sp³-hybridized carbons (Fsp3) is 0. The first-order chi connectivity index (χ1) is 7.81. The van der Waals surface area contributed by atoms with Crippen LogP contribution in [0.3, 0.4) is 0 Å². The Bertz CT molecular complexity index is 507. The van der Waals surface area contributed by atoms with Crippen LogP contribution >= 0.6 is 12.2 Å². The predicted octanol–water partition coefficient (Wildman–Crippen LogP) is 1.50. The molecule has 0 fully saturated rings. The van der Waals surface area contributed by atoms with Crippen molar-refractivity contribution in [2.75, 3.05) is 5.32 Å². The molecule has 0 aliphatic carbocycles. The summed E-state index contributed by atoms with van der Waals surface area (Å²) in [5.74, 6) is 5.11. The number of nitrogens with two attached hydrogens (primary N) is 1. The number of nitrogens with one attached hydrogen (secondary N) is 3. The Morgan fingerprint density at radius 3 is 2.62 bits per heavy atom. The molecule has 0 spiro atoms. The van der Waals surface area contributed by atoms with Gasteiger partial charge in [0, 0.05) is 11.1 Å². The van der Waals surface area contributed by atoms with E-state index in [4.69, 9.17) is 18.1 Å². The van der Waals surface area contributed by atoms with Gasteiger partial charge in [0.25, 0.3) is 0 Å². The summed E-state index contributed by atoms with van der Waals surface area (Å²) < 4.78 is 0. The van der Waals surface area contributed by atoms with Crippen LogP contribution in [0.4, 0.5) is 5.69 Å². The topological polar surface area (TPSA) is 62.1 Å². The van der Waals surface area contributed by atoms with E-state index in [1.807, 2.05) is 30.3 Å². The number of benzene rings is 2. The van der Waals surface area contributed by atoms with Gasteiger partial charge in [-0.1, -0.05) is 36.4 Å². The van der Waals surface area contributed by atoms with Crippen molar-refractivity contribution in [1.82, 2.24) is 11.0 Å². The van der Waals surface area contributed by atoms with Crippen LogP contribution < -0.4 is 22.1 Å². The molecule has 0 heterocycles. The van der Waals surface area contributed by atoms with Gasteiger partial charge in [-0.2, -0.15) is 5.53 Å². The lowest BCUT2D eigenvalue weighted by atomic mass is 10.1. The predicted molar refractivity (Wildman–Crippen MR) is 70.6 cm³/mol. The molecular formula is C11H12N4S. The van der Waals surface area contributed by atoms with Crippen molar-refractivity contribution in [3.8, 4) is 0 Å². The van der Waals surface area contributed by atoms with Crippen LogP contribution in [0, 0.1) is 0 Å². The van der Waals surface area contributed by atoms with Crippen molar-refractivity contribution < 1.29 is 0 Å². The van der Waals surface area contributed by atoms with Gasteiger partial charge in [0.05, 0.1) is 0 Å². The maximum absolute atomic E-state index is 5.11. The third-order valence-corrected chi connectivity index (χ3v) is 2.43. The molecule has 2 rings (SSSR count). The van der Waals surface area contributed by atoms with Gasteiger partial charge >= 0.3 is 0 Å². The van der Waals surface area contributed by atoms with Gasteiger partial charge in [-0.25, -0.2) is 0 Å². The number of hydrogen-bond acceptors (Lipinski definition) is 3. The quantitative estimate of drug-likeness (QED) is 0.359. The van der Waals surface area contributed by atoms with E-state index in [-0.39, 0.29) is 0 Å². The van der Waals surface area contributed by atoms with Crippen molar-refractivity contribution >= 4 is 33.8 Å². The summed E-state index contributed by atoms with van der Waals surface area (Å²) in [5, 5.41) is 5.77. The summed E-state index contributed by atoms with van der Waals surface area (Å²) in [5.41, 5.74) is 5.84. The molecule has 2 aromatic carbocycles. The monoisotopic (exact) mass is 232 g/mol. The minimum Gasteiger partial charge on any atom is -0.331 e. The lowest BCUT2D eigenvalue weighted by molar-refractivity contribution is 0.702. The third-order valence-electron chi connectivity index (χ3n) is 2.22. The minimum atomic E-state index is 0.429. The highest BCUT2D eigenvalue weighted by atomic mass is 32.1. The second-order valence-corrected chi connectivity index (χ2v) is 3.66. The Labute approximate surface area is 98.8 Å². The average Bonchev–Trinajstić information content (AvgIpc) is 2.30. The normalized spacial score (nSPS) is 10.1. The Morgan fingerprint density at radius 2 is 1.81 bits per heavy atom. The SMILES string of the molecule is NNNC(=S)Nc1cccc2ccccc12. The Kier molecular flexibility index (Phi) is 3.31. The van der Waals surface area contributed by atoms with Crippen molar-refractivity contribution in [3.05, 3.63) is 42.5 Å². The van der Waals surface area contributed by atoms with Crippen molar-refractivity contribution in [2.45, 2.75) is 0 Å². The molecule has 5 N–H and O–H groups in total. The minimum absolute atomic E-state index is 0.429. The van der Waals surface area contributed by atoms with Crippen LogP contribution in [0.15, 0.2) is 42.5 Å². The molecule has 0 radical (unpaired) electrons. The maximum atomic E-state index is 5.11. The fourth-order valence-corrected chi connectivity index (χ4v) is 1.72. The van der Waals surface area contributed by atoms with E-state index in [0.717, 1.165) is 16.5 Å². The molecular weight excluding hydrogens is 220 g/mol. The zero-order valence-electron chi connectivity index (χ0n) is 8.53. The van der Waals surface area contributed by atoms with Crippen LogP contribution in [0.2, 0.25) is 0 Å². The molecule has 0 saturated heterocycles. The number of rotatable bonds is 2. The third kappa shape index (κ3) is 2.27. The molecule has 0 aliphatic heterocycles.